The highest BCUT2D eigenvalue weighted by Crippen LogP contribution is 2.32. The average molecular weight is 451 g/mol. The van der Waals surface area contributed by atoms with Crippen LogP contribution in [0.1, 0.15) is 64.3 Å². The summed E-state index contributed by atoms with van der Waals surface area (Å²) in [4.78, 5) is 34.6. The normalized spacial score (nSPS) is 14.1. The van der Waals surface area contributed by atoms with Crippen LogP contribution in [0.4, 0.5) is 0 Å². The van der Waals surface area contributed by atoms with Gasteiger partial charge in [-0.15, -0.1) is 0 Å². The number of pyridine rings is 2. The lowest BCUT2D eigenvalue weighted by Gasteiger charge is -2.22. The van der Waals surface area contributed by atoms with Gasteiger partial charge < -0.3 is 4.74 Å². The van der Waals surface area contributed by atoms with Gasteiger partial charge in [-0.1, -0.05) is 61.7 Å². The number of esters is 1. The van der Waals surface area contributed by atoms with Gasteiger partial charge in [-0.25, -0.2) is 9.78 Å². The number of ether oxygens (including phenoxy) is 1. The molecule has 5 rings (SSSR count). The molecule has 5 nitrogen and oxygen atoms in total. The van der Waals surface area contributed by atoms with Crippen LogP contribution in [0.15, 0.2) is 79.1 Å². The number of carbonyl (C=O) groups excluding carboxylic acids is 2. The number of aromatic nitrogens is 2. The molecule has 0 atom stereocenters. The second-order valence-electron chi connectivity index (χ2n) is 8.77. The second-order valence-corrected chi connectivity index (χ2v) is 8.77. The lowest BCUT2D eigenvalue weighted by atomic mass is 9.84. The number of Topliss-reactive ketones (excluding diaryl/α,β-unsaturated/α-hetero) is 1. The third kappa shape index (κ3) is 4.74. The third-order valence-corrected chi connectivity index (χ3v) is 6.54. The highest BCUT2D eigenvalue weighted by molar-refractivity contribution is 6.06. The lowest BCUT2D eigenvalue weighted by molar-refractivity contribution is 0.0476. The molecule has 1 fully saturated rings. The fourth-order valence-corrected chi connectivity index (χ4v) is 4.68. The minimum absolute atomic E-state index is 0.214. The van der Waals surface area contributed by atoms with Gasteiger partial charge in [0, 0.05) is 28.9 Å². The first kappa shape index (κ1) is 22.0. The van der Waals surface area contributed by atoms with Crippen LogP contribution in [0, 0.1) is 0 Å². The van der Waals surface area contributed by atoms with Gasteiger partial charge in [0.15, 0.2) is 12.4 Å². The standard InChI is InChI=1S/C29H26N2O3/c32-28(22-14-12-21(13-15-22)20-7-2-1-3-8-20)19-34-29(33)25-17-27(23-9-6-16-30-18-23)31-26-11-5-4-10-24(25)26/h4-6,9-18,20H,1-3,7-8,19H2. The van der Waals surface area contributed by atoms with E-state index in [9.17, 15) is 9.59 Å². The second kappa shape index (κ2) is 9.96. The third-order valence-electron chi connectivity index (χ3n) is 6.54. The lowest BCUT2D eigenvalue weighted by Crippen LogP contribution is -2.15. The molecule has 0 spiro atoms. The number of nitrogens with zero attached hydrogens (tertiary/aromatic N) is 2. The molecular formula is C29H26N2O3. The van der Waals surface area contributed by atoms with Crippen molar-refractivity contribution in [3.63, 3.8) is 0 Å². The molecule has 2 heterocycles. The molecule has 2 aromatic carbocycles. The minimum atomic E-state index is -0.545. The van der Waals surface area contributed by atoms with Crippen LogP contribution in [0.3, 0.4) is 0 Å². The first-order chi connectivity index (χ1) is 16.7. The summed E-state index contributed by atoms with van der Waals surface area (Å²) in [5, 5.41) is 0.685. The number of ketones is 1. The van der Waals surface area contributed by atoms with E-state index in [0.717, 1.165) is 5.56 Å². The summed E-state index contributed by atoms with van der Waals surface area (Å²) in [7, 11) is 0. The van der Waals surface area contributed by atoms with Crippen molar-refractivity contribution in [2.75, 3.05) is 6.61 Å². The van der Waals surface area contributed by atoms with E-state index < -0.39 is 5.97 Å². The van der Waals surface area contributed by atoms with E-state index in [-0.39, 0.29) is 12.4 Å². The number of fused-ring (bicyclic) bond motifs is 1. The number of para-hydroxylation sites is 1. The molecule has 1 aliphatic carbocycles. The van der Waals surface area contributed by atoms with Crippen LogP contribution < -0.4 is 0 Å². The van der Waals surface area contributed by atoms with Crippen molar-refractivity contribution in [3.8, 4) is 11.3 Å². The number of hydrogen-bond acceptors (Lipinski definition) is 5. The first-order valence-corrected chi connectivity index (χ1v) is 11.8. The molecule has 4 aromatic rings. The van der Waals surface area contributed by atoms with Gasteiger partial charge in [-0.2, -0.15) is 0 Å². The van der Waals surface area contributed by atoms with Crippen molar-refractivity contribution in [1.29, 1.82) is 0 Å². The van der Waals surface area contributed by atoms with E-state index >= 15 is 0 Å². The minimum Gasteiger partial charge on any atom is -0.454 e. The fraction of sp³-hybridized carbons (Fsp3) is 0.241. The Hall–Kier alpha value is -3.86. The molecular weight excluding hydrogens is 424 g/mol. The number of rotatable bonds is 6. The number of benzene rings is 2. The highest BCUT2D eigenvalue weighted by atomic mass is 16.5. The molecule has 0 saturated heterocycles. The zero-order valence-corrected chi connectivity index (χ0v) is 18.9. The first-order valence-electron chi connectivity index (χ1n) is 11.8. The van der Waals surface area contributed by atoms with Crippen LogP contribution in [-0.4, -0.2) is 28.3 Å². The monoisotopic (exact) mass is 450 g/mol. The molecule has 0 aliphatic heterocycles. The largest absolute Gasteiger partial charge is 0.454 e. The maximum atomic E-state index is 13.0. The van der Waals surface area contributed by atoms with Crippen molar-refractivity contribution in [1.82, 2.24) is 9.97 Å². The van der Waals surface area contributed by atoms with E-state index in [0.29, 0.717) is 33.6 Å². The Morgan fingerprint density at radius 2 is 1.71 bits per heavy atom. The van der Waals surface area contributed by atoms with E-state index in [1.54, 1.807) is 18.5 Å². The fourth-order valence-electron chi connectivity index (χ4n) is 4.68. The Bertz CT molecular complexity index is 1310. The zero-order valence-electron chi connectivity index (χ0n) is 18.9. The van der Waals surface area contributed by atoms with Gasteiger partial charge in [-0.3, -0.25) is 9.78 Å². The molecule has 170 valence electrons. The Morgan fingerprint density at radius 3 is 2.47 bits per heavy atom. The van der Waals surface area contributed by atoms with Crippen molar-refractivity contribution in [3.05, 3.63) is 95.8 Å². The Balaban J connectivity index is 1.32. The smallest absolute Gasteiger partial charge is 0.339 e. The van der Waals surface area contributed by atoms with E-state index in [4.69, 9.17) is 4.74 Å². The predicted molar refractivity (Wildman–Crippen MR) is 132 cm³/mol. The van der Waals surface area contributed by atoms with Crippen LogP contribution >= 0.6 is 0 Å². The Labute approximate surface area is 198 Å². The number of carbonyl (C=O) groups is 2. The van der Waals surface area contributed by atoms with Gasteiger partial charge in [0.25, 0.3) is 0 Å². The van der Waals surface area contributed by atoms with Crippen molar-refractivity contribution < 1.29 is 14.3 Å². The maximum Gasteiger partial charge on any atom is 0.339 e. The van der Waals surface area contributed by atoms with E-state index in [1.165, 1.54) is 37.7 Å². The van der Waals surface area contributed by atoms with Gasteiger partial charge in [0.05, 0.1) is 16.8 Å². The summed E-state index contributed by atoms with van der Waals surface area (Å²) in [6.45, 7) is -0.305. The summed E-state index contributed by atoms with van der Waals surface area (Å²) >= 11 is 0. The van der Waals surface area contributed by atoms with Crippen molar-refractivity contribution in [2.24, 2.45) is 0 Å². The van der Waals surface area contributed by atoms with Crippen molar-refractivity contribution in [2.45, 2.75) is 38.0 Å². The van der Waals surface area contributed by atoms with Crippen molar-refractivity contribution >= 4 is 22.7 Å². The van der Waals surface area contributed by atoms with Crippen LogP contribution in [-0.2, 0) is 4.74 Å². The predicted octanol–water partition coefficient (Wildman–Crippen LogP) is 6.38. The van der Waals surface area contributed by atoms with Gasteiger partial charge in [0.2, 0.25) is 0 Å². The van der Waals surface area contributed by atoms with Crippen LogP contribution in [0.5, 0.6) is 0 Å². The molecule has 2 aromatic heterocycles. The molecule has 0 radical (unpaired) electrons. The van der Waals surface area contributed by atoms with Crippen LogP contribution in [0.2, 0.25) is 0 Å². The molecule has 34 heavy (non-hydrogen) atoms. The molecule has 0 amide bonds. The van der Waals surface area contributed by atoms with Gasteiger partial charge >= 0.3 is 5.97 Å². The summed E-state index contributed by atoms with van der Waals surface area (Å²) in [6.07, 6.45) is 9.67. The Morgan fingerprint density at radius 1 is 0.912 bits per heavy atom. The summed E-state index contributed by atoms with van der Waals surface area (Å²) in [5.41, 5.74) is 4.34. The highest BCUT2D eigenvalue weighted by Gasteiger charge is 2.19. The molecule has 0 bridgehead atoms. The molecule has 1 saturated carbocycles. The summed E-state index contributed by atoms with van der Waals surface area (Å²) in [6, 6.07) is 20.6. The van der Waals surface area contributed by atoms with Crippen LogP contribution in [0.25, 0.3) is 22.2 Å². The quantitative estimate of drug-likeness (QED) is 0.252. The summed E-state index contributed by atoms with van der Waals surface area (Å²) in [5.74, 6) is -0.171. The van der Waals surface area contributed by atoms with E-state index in [2.05, 4.69) is 9.97 Å². The van der Waals surface area contributed by atoms with Gasteiger partial charge in [0.1, 0.15) is 0 Å². The molecule has 1 aliphatic rings. The number of hydrogen-bond donors (Lipinski definition) is 0. The Kier molecular flexibility index (Phi) is 6.43. The van der Waals surface area contributed by atoms with E-state index in [1.807, 2.05) is 60.7 Å². The average Bonchev–Trinajstić information content (AvgIpc) is 2.92. The molecule has 0 N–H and O–H groups in total. The SMILES string of the molecule is O=C(COC(=O)c1cc(-c2cccnc2)nc2ccccc12)c1ccc(C2CCCCC2)cc1. The summed E-state index contributed by atoms with van der Waals surface area (Å²) < 4.78 is 5.46. The molecule has 0 unspecified atom stereocenters. The molecule has 5 heteroatoms. The van der Waals surface area contributed by atoms with Gasteiger partial charge in [-0.05, 0) is 48.6 Å². The zero-order chi connectivity index (χ0) is 23.3. The topological polar surface area (TPSA) is 69.2 Å². The maximum absolute atomic E-state index is 13.0.